The summed E-state index contributed by atoms with van der Waals surface area (Å²) in [4.78, 5) is 8.82. The van der Waals surface area contributed by atoms with E-state index in [2.05, 4.69) is 15.3 Å². The van der Waals surface area contributed by atoms with Crippen molar-refractivity contribution in [3.63, 3.8) is 0 Å². The summed E-state index contributed by atoms with van der Waals surface area (Å²) in [7, 11) is 0. The number of aromatic nitrogens is 2. The third kappa shape index (κ3) is 2.77. The molecule has 0 saturated carbocycles. The fourth-order valence-electron chi connectivity index (χ4n) is 1.82. The molecule has 0 amide bonds. The summed E-state index contributed by atoms with van der Waals surface area (Å²) in [6.07, 6.45) is 1.76. The number of para-hydroxylation sites is 1. The fourth-order valence-corrected chi connectivity index (χ4v) is 1.82. The molecule has 0 fully saturated rings. The first-order chi connectivity index (χ1) is 9.42. The Morgan fingerprint density at radius 3 is 2.16 bits per heavy atom. The third-order valence-electron chi connectivity index (χ3n) is 2.73. The van der Waals surface area contributed by atoms with E-state index in [1.807, 2.05) is 66.7 Å². The van der Waals surface area contributed by atoms with Crippen LogP contribution >= 0.6 is 0 Å². The molecule has 3 aromatic rings. The molecule has 1 N–H and O–H groups in total. The van der Waals surface area contributed by atoms with Crippen LogP contribution in [-0.2, 0) is 0 Å². The van der Waals surface area contributed by atoms with Crippen LogP contribution in [-0.4, -0.2) is 9.97 Å². The molecule has 19 heavy (non-hydrogen) atoms. The van der Waals surface area contributed by atoms with E-state index >= 15 is 0 Å². The summed E-state index contributed by atoms with van der Waals surface area (Å²) < 4.78 is 0. The molecule has 1 aromatic heterocycles. The SMILES string of the molecule is c1ccc(Nc2ccnc(-c3ccccc3)n2)cc1. The van der Waals surface area contributed by atoms with Gasteiger partial charge >= 0.3 is 0 Å². The molecule has 2 aromatic carbocycles. The number of nitrogens with one attached hydrogen (secondary N) is 1. The van der Waals surface area contributed by atoms with Gasteiger partial charge in [0, 0.05) is 17.4 Å². The number of hydrogen-bond acceptors (Lipinski definition) is 3. The molecule has 3 rings (SSSR count). The van der Waals surface area contributed by atoms with Crippen LogP contribution in [0, 0.1) is 0 Å². The summed E-state index contributed by atoms with van der Waals surface area (Å²) in [6, 6.07) is 21.8. The predicted molar refractivity (Wildman–Crippen MR) is 77.2 cm³/mol. The predicted octanol–water partition coefficient (Wildman–Crippen LogP) is 3.89. The molecular formula is C16H13N3. The minimum atomic E-state index is 0.724. The molecule has 0 aliphatic heterocycles. The van der Waals surface area contributed by atoms with E-state index in [4.69, 9.17) is 0 Å². The largest absolute Gasteiger partial charge is 0.340 e. The van der Waals surface area contributed by atoms with Crippen molar-refractivity contribution in [2.24, 2.45) is 0 Å². The summed E-state index contributed by atoms with van der Waals surface area (Å²) in [5.41, 5.74) is 2.03. The monoisotopic (exact) mass is 247 g/mol. The van der Waals surface area contributed by atoms with E-state index in [1.165, 1.54) is 0 Å². The molecular weight excluding hydrogens is 234 g/mol. The first-order valence-corrected chi connectivity index (χ1v) is 6.12. The second kappa shape index (κ2) is 5.31. The zero-order valence-electron chi connectivity index (χ0n) is 10.3. The lowest BCUT2D eigenvalue weighted by Crippen LogP contribution is -1.96. The Morgan fingerprint density at radius 1 is 0.737 bits per heavy atom. The van der Waals surface area contributed by atoms with Gasteiger partial charge in [0.25, 0.3) is 0 Å². The summed E-state index contributed by atoms with van der Waals surface area (Å²) >= 11 is 0. The van der Waals surface area contributed by atoms with E-state index in [0.29, 0.717) is 0 Å². The van der Waals surface area contributed by atoms with Crippen LogP contribution in [0.25, 0.3) is 11.4 Å². The minimum Gasteiger partial charge on any atom is -0.340 e. The maximum Gasteiger partial charge on any atom is 0.161 e. The smallest absolute Gasteiger partial charge is 0.161 e. The van der Waals surface area contributed by atoms with Gasteiger partial charge < -0.3 is 5.32 Å². The van der Waals surface area contributed by atoms with Crippen LogP contribution in [0.5, 0.6) is 0 Å². The Morgan fingerprint density at radius 2 is 1.42 bits per heavy atom. The minimum absolute atomic E-state index is 0.724. The van der Waals surface area contributed by atoms with Crippen LogP contribution < -0.4 is 5.32 Å². The van der Waals surface area contributed by atoms with Crippen LogP contribution in [0.1, 0.15) is 0 Å². The van der Waals surface area contributed by atoms with E-state index in [0.717, 1.165) is 22.9 Å². The first-order valence-electron chi connectivity index (χ1n) is 6.12. The average molecular weight is 247 g/mol. The Kier molecular flexibility index (Phi) is 3.19. The van der Waals surface area contributed by atoms with Gasteiger partial charge in [-0.05, 0) is 18.2 Å². The highest BCUT2D eigenvalue weighted by molar-refractivity contribution is 5.60. The van der Waals surface area contributed by atoms with Crippen molar-refractivity contribution in [2.75, 3.05) is 5.32 Å². The van der Waals surface area contributed by atoms with E-state index < -0.39 is 0 Å². The number of rotatable bonds is 3. The summed E-state index contributed by atoms with van der Waals surface area (Å²) in [5.74, 6) is 1.52. The number of anilines is 2. The first kappa shape index (κ1) is 11.4. The molecule has 0 atom stereocenters. The van der Waals surface area contributed by atoms with E-state index in [-0.39, 0.29) is 0 Å². The maximum absolute atomic E-state index is 4.52. The van der Waals surface area contributed by atoms with Crippen LogP contribution in [0.3, 0.4) is 0 Å². The van der Waals surface area contributed by atoms with E-state index in [1.54, 1.807) is 6.20 Å². The van der Waals surface area contributed by atoms with Gasteiger partial charge in [0.15, 0.2) is 5.82 Å². The van der Waals surface area contributed by atoms with Gasteiger partial charge in [0.2, 0.25) is 0 Å². The van der Waals surface area contributed by atoms with Crippen molar-refractivity contribution in [3.05, 3.63) is 72.9 Å². The Labute approximate surface area is 112 Å². The Bertz CT molecular complexity index is 651. The Hall–Kier alpha value is -2.68. The van der Waals surface area contributed by atoms with Gasteiger partial charge in [-0.25, -0.2) is 9.97 Å². The summed E-state index contributed by atoms with van der Waals surface area (Å²) in [5, 5.41) is 3.26. The normalized spacial score (nSPS) is 10.1. The third-order valence-corrected chi connectivity index (χ3v) is 2.73. The molecule has 0 bridgehead atoms. The van der Waals surface area contributed by atoms with Gasteiger partial charge in [-0.15, -0.1) is 0 Å². The lowest BCUT2D eigenvalue weighted by molar-refractivity contribution is 1.17. The van der Waals surface area contributed by atoms with Gasteiger partial charge in [-0.2, -0.15) is 0 Å². The molecule has 3 nitrogen and oxygen atoms in total. The highest BCUT2D eigenvalue weighted by Gasteiger charge is 2.01. The molecule has 0 unspecified atom stereocenters. The van der Waals surface area contributed by atoms with Gasteiger partial charge in [0.05, 0.1) is 0 Å². The maximum atomic E-state index is 4.52. The highest BCUT2D eigenvalue weighted by atomic mass is 15.0. The van der Waals surface area contributed by atoms with Crippen LogP contribution in [0.4, 0.5) is 11.5 Å². The topological polar surface area (TPSA) is 37.8 Å². The van der Waals surface area contributed by atoms with Crippen molar-refractivity contribution in [1.82, 2.24) is 9.97 Å². The van der Waals surface area contributed by atoms with Crippen molar-refractivity contribution in [1.29, 1.82) is 0 Å². The zero-order chi connectivity index (χ0) is 12.9. The van der Waals surface area contributed by atoms with Crippen molar-refractivity contribution in [2.45, 2.75) is 0 Å². The second-order valence-corrected chi connectivity index (χ2v) is 4.12. The molecule has 1 heterocycles. The van der Waals surface area contributed by atoms with E-state index in [9.17, 15) is 0 Å². The highest BCUT2D eigenvalue weighted by Crippen LogP contribution is 2.18. The number of nitrogens with zero attached hydrogens (tertiary/aromatic N) is 2. The van der Waals surface area contributed by atoms with Crippen molar-refractivity contribution < 1.29 is 0 Å². The lowest BCUT2D eigenvalue weighted by Gasteiger charge is -2.06. The van der Waals surface area contributed by atoms with Crippen molar-refractivity contribution in [3.8, 4) is 11.4 Å². The fraction of sp³-hybridized carbons (Fsp3) is 0. The van der Waals surface area contributed by atoms with Crippen molar-refractivity contribution >= 4 is 11.5 Å². The summed E-state index contributed by atoms with van der Waals surface area (Å²) in [6.45, 7) is 0. The molecule has 92 valence electrons. The number of benzene rings is 2. The standard InChI is InChI=1S/C16H13N3/c1-3-7-13(8-4-1)16-17-12-11-15(19-16)18-14-9-5-2-6-10-14/h1-12H,(H,17,18,19). The van der Waals surface area contributed by atoms with Gasteiger partial charge in [0.1, 0.15) is 5.82 Å². The molecule has 0 aliphatic carbocycles. The average Bonchev–Trinajstić information content (AvgIpc) is 2.49. The number of hydrogen-bond donors (Lipinski definition) is 1. The molecule has 3 heteroatoms. The quantitative estimate of drug-likeness (QED) is 0.763. The van der Waals surface area contributed by atoms with Crippen LogP contribution in [0.15, 0.2) is 72.9 Å². The molecule has 0 saturated heterocycles. The van der Waals surface area contributed by atoms with Crippen LogP contribution in [0.2, 0.25) is 0 Å². The molecule has 0 spiro atoms. The lowest BCUT2D eigenvalue weighted by atomic mass is 10.2. The molecule has 0 radical (unpaired) electrons. The zero-order valence-corrected chi connectivity index (χ0v) is 10.3. The second-order valence-electron chi connectivity index (χ2n) is 4.12. The van der Waals surface area contributed by atoms with Gasteiger partial charge in [-0.1, -0.05) is 48.5 Å². The molecule has 0 aliphatic rings. The van der Waals surface area contributed by atoms with Gasteiger partial charge in [-0.3, -0.25) is 0 Å². The Balaban J connectivity index is 1.89.